The van der Waals surface area contributed by atoms with Crippen LogP contribution in [-0.4, -0.2) is 30.9 Å². The van der Waals surface area contributed by atoms with E-state index in [2.05, 4.69) is 20.4 Å². The van der Waals surface area contributed by atoms with Crippen LogP contribution in [0.15, 0.2) is 12.7 Å². The lowest BCUT2D eigenvalue weighted by molar-refractivity contribution is -0.134. The van der Waals surface area contributed by atoms with Gasteiger partial charge in [-0.2, -0.15) is 0 Å². The largest absolute Gasteiger partial charge is 0.345 e. The number of rotatable bonds is 8. The van der Waals surface area contributed by atoms with E-state index in [0.717, 1.165) is 25.8 Å². The normalized spacial score (nSPS) is 12.6. The van der Waals surface area contributed by atoms with Crippen LogP contribution in [0.1, 0.15) is 33.1 Å². The van der Waals surface area contributed by atoms with Gasteiger partial charge >= 0.3 is 0 Å². The molecule has 0 saturated heterocycles. The minimum atomic E-state index is -0.0197. The smallest absolute Gasteiger partial charge is 0.226 e. The average Bonchev–Trinajstić information content (AvgIpc) is 2.24. The Morgan fingerprint density at radius 3 is 2.56 bits per heavy atom. The van der Waals surface area contributed by atoms with Crippen LogP contribution in [0.5, 0.6) is 0 Å². The molecule has 16 heavy (non-hydrogen) atoms. The third-order valence-electron chi connectivity index (χ3n) is 2.67. The number of unbranched alkanes of at least 4 members (excludes halogenated alkanes) is 1. The Morgan fingerprint density at radius 2 is 2.12 bits per heavy atom. The Balaban J connectivity index is 4.10. The van der Waals surface area contributed by atoms with Crippen molar-refractivity contribution in [3.8, 4) is 0 Å². The Kier molecular flexibility index (Phi) is 7.90. The highest BCUT2D eigenvalue weighted by Crippen LogP contribution is 2.13. The van der Waals surface area contributed by atoms with Crippen molar-refractivity contribution >= 4 is 5.91 Å². The van der Waals surface area contributed by atoms with E-state index in [9.17, 15) is 4.79 Å². The molecule has 0 saturated carbocycles. The summed E-state index contributed by atoms with van der Waals surface area (Å²) in [6, 6.07) is 0. The van der Waals surface area contributed by atoms with Gasteiger partial charge < -0.3 is 10.6 Å². The minimum Gasteiger partial charge on any atom is -0.345 e. The second kappa shape index (κ2) is 8.34. The van der Waals surface area contributed by atoms with Gasteiger partial charge in [0.25, 0.3) is 0 Å². The van der Waals surface area contributed by atoms with Crippen LogP contribution in [0.2, 0.25) is 0 Å². The maximum Gasteiger partial charge on any atom is 0.226 e. The molecule has 0 heterocycles. The number of hydrogen-bond acceptors (Lipinski definition) is 2. The molecule has 0 spiro atoms. The van der Waals surface area contributed by atoms with Crippen LogP contribution in [0.3, 0.4) is 0 Å². The Morgan fingerprint density at radius 1 is 1.50 bits per heavy atom. The van der Waals surface area contributed by atoms with Gasteiger partial charge in [-0.1, -0.05) is 19.9 Å². The maximum atomic E-state index is 12.0. The van der Waals surface area contributed by atoms with Crippen molar-refractivity contribution in [2.75, 3.05) is 20.1 Å². The summed E-state index contributed by atoms with van der Waals surface area (Å²) in [5, 5.41) is 0. The van der Waals surface area contributed by atoms with Gasteiger partial charge in [-0.05, 0) is 25.2 Å². The van der Waals surface area contributed by atoms with Gasteiger partial charge in [0.05, 0.1) is 5.92 Å². The lowest BCUT2D eigenvalue weighted by Gasteiger charge is -2.23. The molecule has 0 radical (unpaired) electrons. The molecule has 94 valence electrons. The fraction of sp³-hybridized carbons (Fsp3) is 0.769. The highest BCUT2D eigenvalue weighted by atomic mass is 16.2. The van der Waals surface area contributed by atoms with Gasteiger partial charge in [0.15, 0.2) is 0 Å². The van der Waals surface area contributed by atoms with Crippen LogP contribution >= 0.6 is 0 Å². The summed E-state index contributed by atoms with van der Waals surface area (Å²) in [7, 11) is 1.86. The number of allylic oxidation sites excluding steroid dienone is 1. The molecule has 2 N–H and O–H groups in total. The lowest BCUT2D eigenvalue weighted by Crippen LogP contribution is -2.37. The summed E-state index contributed by atoms with van der Waals surface area (Å²) in [5.74, 6) is 0.674. The molecule has 1 atom stereocenters. The highest BCUT2D eigenvalue weighted by molar-refractivity contribution is 5.78. The summed E-state index contributed by atoms with van der Waals surface area (Å²) in [6.45, 7) is 9.15. The summed E-state index contributed by atoms with van der Waals surface area (Å²) >= 11 is 0. The van der Waals surface area contributed by atoms with Gasteiger partial charge in [-0.15, -0.1) is 6.58 Å². The van der Waals surface area contributed by atoms with Gasteiger partial charge in [0, 0.05) is 20.1 Å². The summed E-state index contributed by atoms with van der Waals surface area (Å²) in [4.78, 5) is 13.8. The van der Waals surface area contributed by atoms with Crippen LogP contribution in [0.25, 0.3) is 0 Å². The zero-order valence-electron chi connectivity index (χ0n) is 10.9. The van der Waals surface area contributed by atoms with E-state index >= 15 is 0 Å². The van der Waals surface area contributed by atoms with E-state index in [-0.39, 0.29) is 11.8 Å². The number of carbonyl (C=O) groups excluding carboxylic acids is 1. The maximum absolute atomic E-state index is 12.0. The van der Waals surface area contributed by atoms with Crippen molar-refractivity contribution < 1.29 is 4.79 Å². The summed E-state index contributed by atoms with van der Waals surface area (Å²) in [5.41, 5.74) is 5.65. The van der Waals surface area contributed by atoms with Gasteiger partial charge in [-0.25, -0.2) is 0 Å². The molecular formula is C13H26N2O. The number of nitrogens with zero attached hydrogens (tertiary/aromatic N) is 1. The predicted molar refractivity (Wildman–Crippen MR) is 69.1 cm³/mol. The van der Waals surface area contributed by atoms with E-state index < -0.39 is 0 Å². The van der Waals surface area contributed by atoms with E-state index in [1.165, 1.54) is 0 Å². The first-order valence-corrected chi connectivity index (χ1v) is 6.08. The summed E-state index contributed by atoms with van der Waals surface area (Å²) < 4.78 is 0. The van der Waals surface area contributed by atoms with Gasteiger partial charge in [-0.3, -0.25) is 4.79 Å². The molecule has 0 bridgehead atoms. The average molecular weight is 226 g/mol. The van der Waals surface area contributed by atoms with Gasteiger partial charge in [0.2, 0.25) is 5.91 Å². The first-order chi connectivity index (χ1) is 7.52. The fourth-order valence-electron chi connectivity index (χ4n) is 1.76. The quantitative estimate of drug-likeness (QED) is 0.508. The minimum absolute atomic E-state index is 0.0197. The molecule has 1 unspecified atom stereocenters. The third kappa shape index (κ3) is 5.91. The van der Waals surface area contributed by atoms with Crippen LogP contribution in [0, 0.1) is 11.8 Å². The molecule has 0 aromatic heterocycles. The van der Waals surface area contributed by atoms with Crippen molar-refractivity contribution in [2.24, 2.45) is 17.6 Å². The standard InChI is InChI=1S/C13H26N2O/c1-5-6-7-8-15(4)13(16)12(10-14)9-11(2)3/h5,11-12H,1,6-10,14H2,2-4H3. The zero-order valence-corrected chi connectivity index (χ0v) is 10.9. The molecule has 0 rings (SSSR count). The Hall–Kier alpha value is -0.830. The highest BCUT2D eigenvalue weighted by Gasteiger charge is 2.21. The molecule has 3 nitrogen and oxygen atoms in total. The molecular weight excluding hydrogens is 200 g/mol. The number of carbonyl (C=O) groups is 1. The second-order valence-corrected chi connectivity index (χ2v) is 4.75. The molecule has 3 heteroatoms. The van der Waals surface area contributed by atoms with E-state index in [1.807, 2.05) is 13.1 Å². The summed E-state index contributed by atoms with van der Waals surface area (Å²) in [6.07, 6.45) is 4.69. The monoisotopic (exact) mass is 226 g/mol. The van der Waals surface area contributed by atoms with E-state index in [4.69, 9.17) is 5.73 Å². The predicted octanol–water partition coefficient (Wildman–Crippen LogP) is 2.03. The second-order valence-electron chi connectivity index (χ2n) is 4.75. The Bertz CT molecular complexity index is 214. The van der Waals surface area contributed by atoms with Crippen LogP contribution in [-0.2, 0) is 4.79 Å². The molecule has 0 aliphatic heterocycles. The fourth-order valence-corrected chi connectivity index (χ4v) is 1.76. The van der Waals surface area contributed by atoms with Crippen molar-refractivity contribution in [2.45, 2.75) is 33.1 Å². The molecule has 0 fully saturated rings. The first kappa shape index (κ1) is 15.2. The van der Waals surface area contributed by atoms with E-state index in [1.54, 1.807) is 4.90 Å². The van der Waals surface area contributed by atoms with E-state index in [0.29, 0.717) is 12.5 Å². The third-order valence-corrected chi connectivity index (χ3v) is 2.67. The van der Waals surface area contributed by atoms with Crippen molar-refractivity contribution in [1.82, 2.24) is 4.90 Å². The zero-order chi connectivity index (χ0) is 12.6. The van der Waals surface area contributed by atoms with Crippen molar-refractivity contribution in [1.29, 1.82) is 0 Å². The molecule has 0 aromatic rings. The van der Waals surface area contributed by atoms with Crippen molar-refractivity contribution in [3.63, 3.8) is 0 Å². The number of nitrogens with two attached hydrogens (primary N) is 1. The number of amides is 1. The van der Waals surface area contributed by atoms with Gasteiger partial charge in [0.1, 0.15) is 0 Å². The molecule has 0 aliphatic rings. The van der Waals surface area contributed by atoms with Crippen molar-refractivity contribution in [3.05, 3.63) is 12.7 Å². The lowest BCUT2D eigenvalue weighted by atomic mass is 9.96. The Labute approximate surface area is 99.7 Å². The van der Waals surface area contributed by atoms with Crippen LogP contribution in [0.4, 0.5) is 0 Å². The molecule has 1 amide bonds. The molecule has 0 aliphatic carbocycles. The topological polar surface area (TPSA) is 46.3 Å². The number of hydrogen-bond donors (Lipinski definition) is 1. The van der Waals surface area contributed by atoms with Crippen LogP contribution < -0.4 is 5.73 Å². The molecule has 0 aromatic carbocycles. The first-order valence-electron chi connectivity index (χ1n) is 6.08. The SMILES string of the molecule is C=CCCCN(C)C(=O)C(CN)CC(C)C.